The summed E-state index contributed by atoms with van der Waals surface area (Å²) in [4.78, 5) is 2.31. The zero-order valence-electron chi connectivity index (χ0n) is 11.1. The Hall–Kier alpha value is -0.480. The van der Waals surface area contributed by atoms with Crippen molar-refractivity contribution in [3.05, 3.63) is 11.8 Å². The van der Waals surface area contributed by atoms with E-state index < -0.39 is 0 Å². The van der Waals surface area contributed by atoms with Gasteiger partial charge in [-0.3, -0.25) is 0 Å². The van der Waals surface area contributed by atoms with Crippen molar-refractivity contribution in [2.75, 3.05) is 26.4 Å². The van der Waals surface area contributed by atoms with Gasteiger partial charge in [0.15, 0.2) is 5.03 Å². The molecule has 0 radical (unpaired) electrons. The van der Waals surface area contributed by atoms with Crippen molar-refractivity contribution in [1.29, 1.82) is 0 Å². The van der Waals surface area contributed by atoms with Crippen molar-refractivity contribution in [2.45, 2.75) is 21.5 Å². The van der Waals surface area contributed by atoms with Gasteiger partial charge in [0.1, 0.15) is 15.7 Å². The van der Waals surface area contributed by atoms with Crippen molar-refractivity contribution >= 4 is 52.6 Å². The Balaban J connectivity index is 1.85. The summed E-state index contributed by atoms with van der Waals surface area (Å²) in [5.74, 6) is 0. The second-order valence-corrected chi connectivity index (χ2v) is 7.18. The maximum absolute atomic E-state index is 4.47. The smallest absolute Gasteiger partial charge is 0.150 e. The average molecular weight is 344 g/mol. The molecule has 0 saturated heterocycles. The molecule has 0 amide bonds. The molecular weight excluding hydrogens is 330 g/mol. The molecule has 2 aromatic heterocycles. The van der Waals surface area contributed by atoms with E-state index in [1.165, 1.54) is 29.0 Å². The molecule has 0 aromatic carbocycles. The molecule has 0 saturated carbocycles. The topological polar surface area (TPSA) is 54.8 Å². The van der Waals surface area contributed by atoms with Gasteiger partial charge in [0.25, 0.3) is 0 Å². The molecule has 0 spiro atoms. The second-order valence-electron chi connectivity index (χ2n) is 4.35. The van der Waals surface area contributed by atoms with Crippen LogP contribution >= 0.6 is 47.0 Å². The Bertz CT molecular complexity index is 620. The summed E-state index contributed by atoms with van der Waals surface area (Å²) in [6.07, 6.45) is 5.36. The van der Waals surface area contributed by atoms with E-state index in [0.29, 0.717) is 0 Å². The molecule has 3 heterocycles. The van der Waals surface area contributed by atoms with Crippen molar-refractivity contribution in [2.24, 2.45) is 0 Å². The first-order valence-corrected chi connectivity index (χ1v) is 9.53. The molecule has 3 rings (SSSR count). The number of hydrogen-bond acceptors (Lipinski definition) is 9. The maximum Gasteiger partial charge on any atom is 0.150 e. The molecule has 1 aliphatic rings. The largest absolute Gasteiger partial charge is 0.302 e. The lowest BCUT2D eigenvalue weighted by Gasteiger charge is -2.22. The molecule has 0 atom stereocenters. The average Bonchev–Trinajstić information content (AvgIpc) is 3.08. The van der Waals surface area contributed by atoms with Crippen LogP contribution in [0.25, 0.3) is 5.57 Å². The molecule has 0 unspecified atom stereocenters. The second kappa shape index (κ2) is 6.52. The van der Waals surface area contributed by atoms with E-state index in [1.807, 2.05) is 6.26 Å². The van der Waals surface area contributed by atoms with Crippen LogP contribution in [0.4, 0.5) is 0 Å². The first-order chi connectivity index (χ1) is 9.78. The van der Waals surface area contributed by atoms with Crippen LogP contribution in [0.3, 0.4) is 0 Å². The Morgan fingerprint density at radius 2 is 1.85 bits per heavy atom. The minimum atomic E-state index is 0.932. The Kier molecular flexibility index (Phi) is 4.72. The zero-order valence-corrected chi connectivity index (χ0v) is 14.3. The molecule has 1 aliphatic heterocycles. The summed E-state index contributed by atoms with van der Waals surface area (Å²) in [6, 6.07) is 0. The van der Waals surface area contributed by atoms with Gasteiger partial charge >= 0.3 is 0 Å². The standard InChI is InChI=1S/C11H13N5S4/c1-16-5-3-4-7(6-16)8-9(13-19-12-8)18-11-10(17-2)14-20-15-11/h4H,3,5-6H2,1-2H3. The molecule has 0 bridgehead atoms. The first-order valence-electron chi connectivity index (χ1n) is 6.03. The Morgan fingerprint density at radius 1 is 1.10 bits per heavy atom. The maximum atomic E-state index is 4.47. The molecule has 0 N–H and O–H groups in total. The van der Waals surface area contributed by atoms with Gasteiger partial charge < -0.3 is 4.90 Å². The molecule has 9 heteroatoms. The van der Waals surface area contributed by atoms with Crippen LogP contribution in [0, 0.1) is 0 Å². The van der Waals surface area contributed by atoms with E-state index in [9.17, 15) is 0 Å². The highest BCUT2D eigenvalue weighted by Crippen LogP contribution is 2.36. The van der Waals surface area contributed by atoms with Crippen LogP contribution in [-0.2, 0) is 0 Å². The monoisotopic (exact) mass is 343 g/mol. The quantitative estimate of drug-likeness (QED) is 0.791. The fraction of sp³-hybridized carbons (Fsp3) is 0.455. The SMILES string of the molecule is CSc1nsnc1Sc1nsnc1C1=CCCN(C)C1. The number of aromatic nitrogens is 4. The summed E-state index contributed by atoms with van der Waals surface area (Å²) in [7, 11) is 2.13. The van der Waals surface area contributed by atoms with Gasteiger partial charge in [-0.15, -0.1) is 11.8 Å². The van der Waals surface area contributed by atoms with Crippen LogP contribution in [0.5, 0.6) is 0 Å². The molecule has 5 nitrogen and oxygen atoms in total. The van der Waals surface area contributed by atoms with Crippen molar-refractivity contribution in [1.82, 2.24) is 22.4 Å². The number of thioether (sulfide) groups is 1. The molecule has 2 aromatic rings. The van der Waals surface area contributed by atoms with Gasteiger partial charge in [0.2, 0.25) is 0 Å². The number of hydrogen-bond donors (Lipinski definition) is 0. The van der Waals surface area contributed by atoms with E-state index in [4.69, 9.17) is 0 Å². The van der Waals surface area contributed by atoms with Crippen LogP contribution < -0.4 is 0 Å². The van der Waals surface area contributed by atoms with Crippen molar-refractivity contribution < 1.29 is 0 Å². The van der Waals surface area contributed by atoms with Crippen molar-refractivity contribution in [3.63, 3.8) is 0 Å². The number of rotatable bonds is 4. The highest BCUT2D eigenvalue weighted by Gasteiger charge is 2.20. The highest BCUT2D eigenvalue weighted by atomic mass is 32.2. The molecular formula is C11H13N5S4. The van der Waals surface area contributed by atoms with Crippen LogP contribution in [0.2, 0.25) is 0 Å². The van der Waals surface area contributed by atoms with Gasteiger partial charge in [-0.1, -0.05) is 6.08 Å². The summed E-state index contributed by atoms with van der Waals surface area (Å²) in [5, 5.41) is 2.84. The molecule has 106 valence electrons. The van der Waals surface area contributed by atoms with Gasteiger partial charge in [-0.2, -0.15) is 17.5 Å². The lowest BCUT2D eigenvalue weighted by atomic mass is 10.1. The Labute approximate surface area is 134 Å². The third-order valence-corrected chi connectivity index (χ3v) is 6.08. The fourth-order valence-corrected chi connectivity index (χ4v) is 5.06. The summed E-state index contributed by atoms with van der Waals surface area (Å²) in [6.45, 7) is 2.04. The normalized spacial score (nSPS) is 16.4. The first kappa shape index (κ1) is 14.5. The lowest BCUT2D eigenvalue weighted by Crippen LogP contribution is -2.25. The van der Waals surface area contributed by atoms with E-state index in [0.717, 1.165) is 40.3 Å². The highest BCUT2D eigenvalue weighted by molar-refractivity contribution is 8.02. The van der Waals surface area contributed by atoms with Crippen molar-refractivity contribution in [3.8, 4) is 0 Å². The fourth-order valence-electron chi connectivity index (χ4n) is 1.96. The minimum Gasteiger partial charge on any atom is -0.302 e. The zero-order chi connectivity index (χ0) is 13.9. The van der Waals surface area contributed by atoms with Gasteiger partial charge in [-0.25, -0.2) is 0 Å². The van der Waals surface area contributed by atoms with Crippen LogP contribution in [-0.4, -0.2) is 48.8 Å². The Morgan fingerprint density at radius 3 is 2.65 bits per heavy atom. The summed E-state index contributed by atoms with van der Waals surface area (Å²) in [5.41, 5.74) is 2.27. The van der Waals surface area contributed by atoms with E-state index in [1.54, 1.807) is 23.5 Å². The minimum absolute atomic E-state index is 0.932. The third-order valence-electron chi connectivity index (χ3n) is 2.92. The predicted molar refractivity (Wildman–Crippen MR) is 85.8 cm³/mol. The number of nitrogens with zero attached hydrogens (tertiary/aromatic N) is 5. The third kappa shape index (κ3) is 3.06. The van der Waals surface area contributed by atoms with E-state index >= 15 is 0 Å². The molecule has 20 heavy (non-hydrogen) atoms. The number of likely N-dealkylation sites (N-methyl/N-ethyl adjacent to an activating group) is 1. The summed E-state index contributed by atoms with van der Waals surface area (Å²) < 4.78 is 17.5. The predicted octanol–water partition coefficient (Wildman–Crippen LogP) is 2.98. The summed E-state index contributed by atoms with van der Waals surface area (Å²) >= 11 is 5.69. The van der Waals surface area contributed by atoms with E-state index in [-0.39, 0.29) is 0 Å². The molecule has 0 fully saturated rings. The van der Waals surface area contributed by atoms with Gasteiger partial charge in [0.05, 0.1) is 23.5 Å². The lowest BCUT2D eigenvalue weighted by molar-refractivity contribution is 0.372. The molecule has 0 aliphatic carbocycles. The van der Waals surface area contributed by atoms with E-state index in [2.05, 4.69) is 35.5 Å². The van der Waals surface area contributed by atoms with Gasteiger partial charge in [-0.05, 0) is 37.1 Å². The van der Waals surface area contributed by atoms with Crippen LogP contribution in [0.15, 0.2) is 21.2 Å². The van der Waals surface area contributed by atoms with Crippen LogP contribution in [0.1, 0.15) is 12.1 Å². The van der Waals surface area contributed by atoms with Gasteiger partial charge in [0, 0.05) is 13.1 Å².